The Balaban J connectivity index is 1.64. The maximum absolute atomic E-state index is 9.86. The van der Waals surface area contributed by atoms with Crippen LogP contribution in [0.25, 0.3) is 0 Å². The summed E-state index contributed by atoms with van der Waals surface area (Å²) in [5.74, 6) is 1.15. The van der Waals surface area contributed by atoms with Crippen LogP contribution < -0.4 is 5.32 Å². The molecule has 14 heavy (non-hydrogen) atoms. The Morgan fingerprint density at radius 2 is 2.14 bits per heavy atom. The molecule has 2 N–H and O–H groups in total. The summed E-state index contributed by atoms with van der Waals surface area (Å²) in [6, 6.07) is 0. The lowest BCUT2D eigenvalue weighted by Gasteiger charge is -2.36. The fourth-order valence-corrected chi connectivity index (χ4v) is 2.12. The largest absolute Gasteiger partial charge is 0.390 e. The second kappa shape index (κ2) is 4.30. The average Bonchev–Trinajstić information content (AvgIpc) is 2.17. The maximum atomic E-state index is 9.86. The van der Waals surface area contributed by atoms with Crippen molar-refractivity contribution < 1.29 is 5.11 Å². The van der Waals surface area contributed by atoms with Gasteiger partial charge in [-0.1, -0.05) is 0 Å². The van der Waals surface area contributed by atoms with Crippen LogP contribution in [-0.4, -0.2) is 29.6 Å². The van der Waals surface area contributed by atoms with Crippen LogP contribution in [0.4, 0.5) is 0 Å². The summed E-state index contributed by atoms with van der Waals surface area (Å²) in [7, 11) is 0. The van der Waals surface area contributed by atoms with Crippen molar-refractivity contribution in [3.8, 4) is 0 Å². The molecular weight excluding hydrogens is 176 g/mol. The first kappa shape index (κ1) is 9.97. The highest BCUT2D eigenvalue weighted by molar-refractivity contribution is 5.82. The van der Waals surface area contributed by atoms with Gasteiger partial charge >= 0.3 is 0 Å². The van der Waals surface area contributed by atoms with Crippen molar-refractivity contribution in [2.24, 2.45) is 4.99 Å². The Bertz CT molecular complexity index is 221. The topological polar surface area (TPSA) is 44.6 Å². The van der Waals surface area contributed by atoms with Gasteiger partial charge in [0, 0.05) is 19.5 Å². The highest BCUT2D eigenvalue weighted by Gasteiger charge is 2.33. The van der Waals surface area contributed by atoms with Gasteiger partial charge in [-0.25, -0.2) is 0 Å². The second-order valence-electron chi connectivity index (χ2n) is 4.54. The molecule has 0 bridgehead atoms. The Morgan fingerprint density at radius 1 is 1.29 bits per heavy atom. The molecule has 0 amide bonds. The number of aliphatic imine (C=N–C) groups is 1. The Kier molecular flexibility index (Phi) is 3.06. The summed E-state index contributed by atoms with van der Waals surface area (Å²) < 4.78 is 0. The molecule has 0 saturated heterocycles. The van der Waals surface area contributed by atoms with Crippen molar-refractivity contribution in [2.45, 2.75) is 50.5 Å². The molecule has 1 fully saturated rings. The molecular formula is C11H20N2O. The van der Waals surface area contributed by atoms with Gasteiger partial charge in [0.05, 0.1) is 11.4 Å². The van der Waals surface area contributed by atoms with E-state index in [9.17, 15) is 5.11 Å². The van der Waals surface area contributed by atoms with E-state index >= 15 is 0 Å². The summed E-state index contributed by atoms with van der Waals surface area (Å²) in [5, 5.41) is 13.2. The van der Waals surface area contributed by atoms with E-state index in [2.05, 4.69) is 10.3 Å². The molecule has 1 saturated carbocycles. The molecule has 1 aliphatic heterocycles. The van der Waals surface area contributed by atoms with E-state index in [4.69, 9.17) is 0 Å². The van der Waals surface area contributed by atoms with Crippen LogP contribution >= 0.6 is 0 Å². The number of aliphatic hydroxyl groups is 1. The average molecular weight is 196 g/mol. The van der Waals surface area contributed by atoms with Crippen LogP contribution in [0.15, 0.2) is 4.99 Å². The van der Waals surface area contributed by atoms with Gasteiger partial charge in [0.2, 0.25) is 0 Å². The zero-order chi connectivity index (χ0) is 9.86. The van der Waals surface area contributed by atoms with Gasteiger partial charge in [-0.3, -0.25) is 4.99 Å². The zero-order valence-electron chi connectivity index (χ0n) is 8.76. The highest BCUT2D eigenvalue weighted by atomic mass is 16.3. The summed E-state index contributed by atoms with van der Waals surface area (Å²) >= 11 is 0. The van der Waals surface area contributed by atoms with Crippen LogP contribution in [0.2, 0.25) is 0 Å². The van der Waals surface area contributed by atoms with Crippen LogP contribution in [-0.2, 0) is 0 Å². The van der Waals surface area contributed by atoms with Gasteiger partial charge in [-0.05, 0) is 38.5 Å². The molecule has 0 unspecified atom stereocenters. The Hall–Kier alpha value is -0.570. The predicted octanol–water partition coefficient (Wildman–Crippen LogP) is 1.46. The highest BCUT2D eigenvalue weighted by Crippen LogP contribution is 2.34. The second-order valence-corrected chi connectivity index (χ2v) is 4.54. The number of nitrogens with zero attached hydrogens (tertiary/aromatic N) is 1. The third kappa shape index (κ3) is 2.47. The molecule has 0 aromatic heterocycles. The number of hydrogen-bond acceptors (Lipinski definition) is 3. The monoisotopic (exact) mass is 196 g/mol. The third-order valence-corrected chi connectivity index (χ3v) is 3.33. The predicted molar refractivity (Wildman–Crippen MR) is 57.6 cm³/mol. The van der Waals surface area contributed by atoms with E-state index < -0.39 is 0 Å². The normalized spacial score (nSPS) is 25.1. The van der Waals surface area contributed by atoms with Crippen molar-refractivity contribution in [1.29, 1.82) is 0 Å². The summed E-state index contributed by atoms with van der Waals surface area (Å²) in [6.45, 7) is 1.86. The molecule has 80 valence electrons. The third-order valence-electron chi connectivity index (χ3n) is 3.33. The molecule has 3 nitrogen and oxygen atoms in total. The van der Waals surface area contributed by atoms with Gasteiger partial charge in [0.1, 0.15) is 0 Å². The van der Waals surface area contributed by atoms with Gasteiger partial charge < -0.3 is 10.4 Å². The van der Waals surface area contributed by atoms with Crippen LogP contribution in [0.1, 0.15) is 44.9 Å². The molecule has 1 heterocycles. The molecule has 0 spiro atoms. The van der Waals surface area contributed by atoms with Gasteiger partial charge in [-0.2, -0.15) is 0 Å². The summed E-state index contributed by atoms with van der Waals surface area (Å²) in [5.41, 5.74) is -0.345. The first-order valence-electron chi connectivity index (χ1n) is 5.78. The number of hydrogen-bond donors (Lipinski definition) is 2. The Labute approximate surface area is 85.6 Å². The molecule has 0 atom stereocenters. The van der Waals surface area contributed by atoms with Gasteiger partial charge in [0.15, 0.2) is 0 Å². The van der Waals surface area contributed by atoms with Gasteiger partial charge in [-0.15, -0.1) is 0 Å². The van der Waals surface area contributed by atoms with E-state index in [1.165, 1.54) is 19.3 Å². The zero-order valence-corrected chi connectivity index (χ0v) is 8.76. The molecule has 0 aromatic carbocycles. The standard InChI is InChI=1S/C11H20N2O/c14-11(5-3-6-11)7-9-13-10-4-1-2-8-12-10/h14H,1-9H2,(H,12,13). The van der Waals surface area contributed by atoms with E-state index in [0.29, 0.717) is 0 Å². The molecule has 0 aromatic rings. The first-order chi connectivity index (χ1) is 6.79. The molecule has 1 aliphatic carbocycles. The van der Waals surface area contributed by atoms with Crippen molar-refractivity contribution >= 4 is 5.84 Å². The quantitative estimate of drug-likeness (QED) is 0.718. The first-order valence-corrected chi connectivity index (χ1v) is 5.78. The van der Waals surface area contributed by atoms with E-state index in [0.717, 1.165) is 44.6 Å². The number of rotatable bonds is 3. The molecule has 0 radical (unpaired) electrons. The van der Waals surface area contributed by atoms with Crippen LogP contribution in [0.5, 0.6) is 0 Å². The van der Waals surface area contributed by atoms with Crippen molar-refractivity contribution in [3.05, 3.63) is 0 Å². The number of amidine groups is 1. The summed E-state index contributed by atoms with van der Waals surface area (Å²) in [4.78, 5) is 4.42. The minimum absolute atomic E-state index is 0.345. The van der Waals surface area contributed by atoms with E-state index in [-0.39, 0.29) is 5.60 Å². The maximum Gasteiger partial charge on any atom is 0.0963 e. The minimum atomic E-state index is -0.345. The van der Waals surface area contributed by atoms with E-state index in [1.54, 1.807) is 0 Å². The molecule has 2 rings (SSSR count). The Morgan fingerprint density at radius 3 is 2.71 bits per heavy atom. The lowest BCUT2D eigenvalue weighted by molar-refractivity contribution is -0.0387. The SMILES string of the molecule is OC1(CCNC2=NCCCC2)CCC1. The smallest absolute Gasteiger partial charge is 0.0963 e. The van der Waals surface area contributed by atoms with Crippen molar-refractivity contribution in [1.82, 2.24) is 5.32 Å². The van der Waals surface area contributed by atoms with Crippen molar-refractivity contribution in [2.75, 3.05) is 13.1 Å². The minimum Gasteiger partial charge on any atom is -0.390 e. The fourth-order valence-electron chi connectivity index (χ4n) is 2.12. The lowest BCUT2D eigenvalue weighted by atomic mass is 9.78. The molecule has 3 heteroatoms. The fraction of sp³-hybridized carbons (Fsp3) is 0.909. The van der Waals surface area contributed by atoms with Crippen LogP contribution in [0, 0.1) is 0 Å². The van der Waals surface area contributed by atoms with Crippen molar-refractivity contribution in [3.63, 3.8) is 0 Å². The van der Waals surface area contributed by atoms with Crippen LogP contribution in [0.3, 0.4) is 0 Å². The number of nitrogens with one attached hydrogen (secondary N) is 1. The van der Waals surface area contributed by atoms with Gasteiger partial charge in [0.25, 0.3) is 0 Å². The summed E-state index contributed by atoms with van der Waals surface area (Å²) in [6.07, 6.45) is 7.63. The molecule has 2 aliphatic rings. The lowest BCUT2D eigenvalue weighted by Crippen LogP contribution is -2.40. The van der Waals surface area contributed by atoms with E-state index in [1.807, 2.05) is 0 Å².